The minimum Gasteiger partial charge on any atom is -0.495 e. The van der Waals surface area contributed by atoms with Crippen LogP contribution in [-0.4, -0.2) is 59.5 Å². The molecule has 4 heterocycles. The van der Waals surface area contributed by atoms with Gasteiger partial charge < -0.3 is 18.8 Å². The zero-order chi connectivity index (χ0) is 24.7. The van der Waals surface area contributed by atoms with Gasteiger partial charge in [0, 0.05) is 19.0 Å². The van der Waals surface area contributed by atoms with E-state index in [2.05, 4.69) is 15.0 Å². The molecule has 8 nitrogen and oxygen atoms in total. The zero-order valence-corrected chi connectivity index (χ0v) is 20.4. The van der Waals surface area contributed by atoms with Crippen LogP contribution in [0, 0.1) is 12.7 Å². The minimum absolute atomic E-state index is 0.258. The Bertz CT molecular complexity index is 1330. The molecule has 36 heavy (non-hydrogen) atoms. The molecule has 0 N–H and O–H groups in total. The number of hydrogen-bond acceptors (Lipinski definition) is 7. The molecule has 0 bridgehead atoms. The molecule has 2 fully saturated rings. The number of benzene rings is 2. The average Bonchev–Trinajstić information content (AvgIpc) is 3.46. The van der Waals surface area contributed by atoms with Crippen molar-refractivity contribution in [1.29, 1.82) is 0 Å². The fourth-order valence-electron chi connectivity index (χ4n) is 5.11. The van der Waals surface area contributed by atoms with Gasteiger partial charge in [-0.05, 0) is 55.0 Å². The maximum Gasteiger partial charge on any atom is 0.188 e. The third kappa shape index (κ3) is 3.89. The van der Waals surface area contributed by atoms with Crippen molar-refractivity contribution >= 4 is 17.6 Å². The number of amidine groups is 1. The summed E-state index contributed by atoms with van der Waals surface area (Å²) in [6.07, 6.45) is 7.22. The van der Waals surface area contributed by atoms with Gasteiger partial charge in [0.15, 0.2) is 17.3 Å². The van der Waals surface area contributed by atoms with Gasteiger partial charge in [0.05, 0.1) is 50.3 Å². The number of hydrogen-bond donors (Lipinski definition) is 0. The molecule has 3 aliphatic heterocycles. The van der Waals surface area contributed by atoms with E-state index in [0.717, 1.165) is 47.1 Å². The van der Waals surface area contributed by atoms with Gasteiger partial charge in [-0.2, -0.15) is 0 Å². The van der Waals surface area contributed by atoms with Crippen LogP contribution in [0.4, 0.5) is 10.1 Å². The second-order valence-electron chi connectivity index (χ2n) is 9.15. The standard InChI is InChI=1S/C27H28FN5O3/c1-19-17-31(18-29-19)23-8-3-20(15-24(23)34-2)16-25-26-30-27(9-12-35-13-10-27)33(32(26)11-14-36-25)22-6-4-21(28)5-7-22/h3-8,15-18H,9-14H2,1-2H3. The molecule has 186 valence electrons. The van der Waals surface area contributed by atoms with Crippen LogP contribution in [0.2, 0.25) is 0 Å². The van der Waals surface area contributed by atoms with Crippen molar-refractivity contribution in [3.8, 4) is 11.4 Å². The first-order chi connectivity index (χ1) is 17.6. The van der Waals surface area contributed by atoms with Crippen molar-refractivity contribution in [2.24, 2.45) is 4.99 Å². The van der Waals surface area contributed by atoms with E-state index >= 15 is 0 Å². The fourth-order valence-corrected chi connectivity index (χ4v) is 5.11. The lowest BCUT2D eigenvalue weighted by Crippen LogP contribution is -2.56. The lowest BCUT2D eigenvalue weighted by molar-refractivity contribution is 0.0438. The first-order valence-electron chi connectivity index (χ1n) is 12.1. The highest BCUT2D eigenvalue weighted by molar-refractivity contribution is 6.03. The normalized spacial score (nSPS) is 19.9. The molecule has 0 aliphatic carbocycles. The van der Waals surface area contributed by atoms with Gasteiger partial charge in [0.1, 0.15) is 18.2 Å². The van der Waals surface area contributed by atoms with E-state index in [1.54, 1.807) is 13.4 Å². The molecule has 1 spiro atoms. The number of halogens is 1. The van der Waals surface area contributed by atoms with Crippen LogP contribution in [0.15, 0.2) is 65.7 Å². The molecule has 0 atom stereocenters. The first-order valence-corrected chi connectivity index (χ1v) is 12.1. The number of aromatic nitrogens is 2. The van der Waals surface area contributed by atoms with Gasteiger partial charge in [0.25, 0.3) is 0 Å². The minimum atomic E-state index is -0.487. The fraction of sp³-hybridized carbons (Fsp3) is 0.333. The van der Waals surface area contributed by atoms with Gasteiger partial charge in [-0.25, -0.2) is 14.4 Å². The number of aliphatic imine (C=N–C) groups is 1. The summed E-state index contributed by atoms with van der Waals surface area (Å²) in [5.41, 5.74) is 3.20. The van der Waals surface area contributed by atoms with Crippen molar-refractivity contribution in [2.45, 2.75) is 25.4 Å². The summed E-state index contributed by atoms with van der Waals surface area (Å²) in [5.74, 6) is 1.95. The van der Waals surface area contributed by atoms with E-state index in [0.29, 0.717) is 32.1 Å². The second kappa shape index (κ2) is 8.98. The van der Waals surface area contributed by atoms with E-state index in [1.165, 1.54) is 12.1 Å². The summed E-state index contributed by atoms with van der Waals surface area (Å²) in [4.78, 5) is 9.55. The molecule has 2 saturated heterocycles. The Balaban J connectivity index is 1.38. The highest BCUT2D eigenvalue weighted by atomic mass is 19.1. The average molecular weight is 490 g/mol. The van der Waals surface area contributed by atoms with Crippen LogP contribution in [0.1, 0.15) is 24.1 Å². The molecule has 6 rings (SSSR count). The first kappa shape index (κ1) is 22.6. The SMILES string of the molecule is COc1cc(C=C2OCCN3C2=NC2(CCOCC2)N3c2ccc(F)cc2)ccc1-n1cnc(C)c1. The zero-order valence-electron chi connectivity index (χ0n) is 20.4. The van der Waals surface area contributed by atoms with Crippen LogP contribution < -0.4 is 9.75 Å². The topological polar surface area (TPSA) is 64.4 Å². The summed E-state index contributed by atoms with van der Waals surface area (Å²) in [5, 5.41) is 4.36. The monoisotopic (exact) mass is 489 g/mol. The van der Waals surface area contributed by atoms with Crippen molar-refractivity contribution in [2.75, 3.05) is 38.5 Å². The number of nitrogens with zero attached hydrogens (tertiary/aromatic N) is 5. The van der Waals surface area contributed by atoms with E-state index in [4.69, 9.17) is 19.2 Å². The molecule has 9 heteroatoms. The number of morpholine rings is 1. The molecular weight excluding hydrogens is 461 g/mol. The van der Waals surface area contributed by atoms with Crippen LogP contribution in [0.5, 0.6) is 5.75 Å². The number of rotatable bonds is 4. The summed E-state index contributed by atoms with van der Waals surface area (Å²) in [7, 11) is 1.66. The van der Waals surface area contributed by atoms with Crippen molar-refractivity contribution < 1.29 is 18.6 Å². The molecular formula is C27H28FN5O3. The Kier molecular flexibility index (Phi) is 5.64. The molecule has 0 unspecified atom stereocenters. The highest BCUT2D eigenvalue weighted by Crippen LogP contribution is 2.42. The van der Waals surface area contributed by atoms with Crippen LogP contribution in [-0.2, 0) is 9.47 Å². The largest absolute Gasteiger partial charge is 0.495 e. The van der Waals surface area contributed by atoms with E-state index in [1.807, 2.05) is 54.1 Å². The molecule has 0 radical (unpaired) electrons. The quantitative estimate of drug-likeness (QED) is 0.543. The smallest absolute Gasteiger partial charge is 0.188 e. The number of anilines is 1. The van der Waals surface area contributed by atoms with Crippen molar-refractivity contribution in [3.05, 3.63) is 77.8 Å². The number of hydrazine groups is 1. The maximum atomic E-state index is 13.7. The lowest BCUT2D eigenvalue weighted by Gasteiger charge is -2.45. The summed E-state index contributed by atoms with van der Waals surface area (Å²) in [6.45, 7) is 4.36. The summed E-state index contributed by atoms with van der Waals surface area (Å²) in [6, 6.07) is 12.6. The molecule has 0 amide bonds. The summed E-state index contributed by atoms with van der Waals surface area (Å²) >= 11 is 0. The van der Waals surface area contributed by atoms with Gasteiger partial charge in [-0.15, -0.1) is 0 Å². The molecule has 2 aromatic carbocycles. The van der Waals surface area contributed by atoms with E-state index in [9.17, 15) is 4.39 Å². The predicted molar refractivity (Wildman–Crippen MR) is 135 cm³/mol. The second-order valence-corrected chi connectivity index (χ2v) is 9.15. The third-order valence-corrected chi connectivity index (χ3v) is 6.83. The maximum absolute atomic E-state index is 13.7. The number of ether oxygens (including phenoxy) is 3. The summed E-state index contributed by atoms with van der Waals surface area (Å²) < 4.78 is 33.2. The van der Waals surface area contributed by atoms with Gasteiger partial charge in [-0.1, -0.05) is 6.07 Å². The Labute approximate surface area is 209 Å². The number of fused-ring (bicyclic) bond motifs is 1. The van der Waals surface area contributed by atoms with Gasteiger partial charge in [-0.3, -0.25) is 10.0 Å². The number of methoxy groups -OCH3 is 1. The van der Waals surface area contributed by atoms with Crippen molar-refractivity contribution in [1.82, 2.24) is 14.6 Å². The Hall–Kier alpha value is -3.85. The lowest BCUT2D eigenvalue weighted by atomic mass is 10.00. The number of aryl methyl sites for hydroxylation is 1. The van der Waals surface area contributed by atoms with Crippen LogP contribution in [0.25, 0.3) is 11.8 Å². The van der Waals surface area contributed by atoms with Crippen LogP contribution in [0.3, 0.4) is 0 Å². The van der Waals surface area contributed by atoms with Crippen molar-refractivity contribution in [3.63, 3.8) is 0 Å². The molecule has 3 aliphatic rings. The van der Waals surface area contributed by atoms with E-state index in [-0.39, 0.29) is 5.82 Å². The predicted octanol–water partition coefficient (Wildman–Crippen LogP) is 4.34. The van der Waals surface area contributed by atoms with Crippen LogP contribution >= 0.6 is 0 Å². The Morgan fingerprint density at radius 2 is 1.89 bits per heavy atom. The highest BCUT2D eigenvalue weighted by Gasteiger charge is 2.50. The molecule has 1 aromatic heterocycles. The van der Waals surface area contributed by atoms with Gasteiger partial charge >= 0.3 is 0 Å². The Morgan fingerprint density at radius 1 is 1.08 bits per heavy atom. The van der Waals surface area contributed by atoms with E-state index < -0.39 is 5.66 Å². The van der Waals surface area contributed by atoms with Gasteiger partial charge in [0.2, 0.25) is 0 Å². The molecule has 0 saturated carbocycles. The molecule has 3 aromatic rings. The Morgan fingerprint density at radius 3 is 2.61 bits per heavy atom. The third-order valence-electron chi connectivity index (χ3n) is 6.83. The number of imidazole rings is 1.